The van der Waals surface area contributed by atoms with Gasteiger partial charge in [-0.2, -0.15) is 4.98 Å². The van der Waals surface area contributed by atoms with Gasteiger partial charge in [0.25, 0.3) is 0 Å². The van der Waals surface area contributed by atoms with Gasteiger partial charge in [-0.15, -0.1) is 0 Å². The normalized spacial score (nSPS) is 10.4. The number of thiocarbonyl (C=S) groups is 1. The molecule has 0 unspecified atom stereocenters. The summed E-state index contributed by atoms with van der Waals surface area (Å²) in [6.07, 6.45) is 0. The van der Waals surface area contributed by atoms with E-state index < -0.39 is 0 Å². The van der Waals surface area contributed by atoms with Crippen molar-refractivity contribution in [1.29, 1.82) is 0 Å². The fourth-order valence-corrected chi connectivity index (χ4v) is 2.41. The van der Waals surface area contributed by atoms with E-state index in [2.05, 4.69) is 20.8 Å². The Morgan fingerprint density at radius 3 is 2.75 bits per heavy atom. The molecule has 0 aliphatic carbocycles. The Bertz CT molecular complexity index is 848. The zero-order valence-electron chi connectivity index (χ0n) is 12.9. The summed E-state index contributed by atoms with van der Waals surface area (Å²) in [7, 11) is 0. The molecule has 0 aliphatic heterocycles. The minimum atomic E-state index is 0.345. The molecule has 2 N–H and O–H groups in total. The van der Waals surface area contributed by atoms with E-state index in [-0.39, 0.29) is 0 Å². The number of halogens is 1. The number of nitrogens with zero attached hydrogens (tertiary/aromatic N) is 2. The third-order valence-electron chi connectivity index (χ3n) is 3.25. The first-order valence-corrected chi connectivity index (χ1v) is 8.09. The fourth-order valence-electron chi connectivity index (χ4n) is 2.09. The SMILES string of the molecule is Cc1cccc(-c2noc(CNC(=S)Nc3ccc(Cl)cc3)n2)c1. The minimum Gasteiger partial charge on any atom is -0.353 e. The van der Waals surface area contributed by atoms with Crippen LogP contribution in [0.2, 0.25) is 5.02 Å². The van der Waals surface area contributed by atoms with Gasteiger partial charge in [-0.1, -0.05) is 40.5 Å². The highest BCUT2D eigenvalue weighted by atomic mass is 35.5. The molecule has 0 spiro atoms. The number of benzene rings is 2. The van der Waals surface area contributed by atoms with Crippen molar-refractivity contribution in [2.24, 2.45) is 0 Å². The van der Waals surface area contributed by atoms with Gasteiger partial charge in [-0.3, -0.25) is 0 Å². The molecule has 0 radical (unpaired) electrons. The number of hydrogen-bond donors (Lipinski definition) is 2. The lowest BCUT2D eigenvalue weighted by Gasteiger charge is -2.08. The summed E-state index contributed by atoms with van der Waals surface area (Å²) in [4.78, 5) is 4.37. The van der Waals surface area contributed by atoms with Crippen molar-refractivity contribution < 1.29 is 4.52 Å². The second-order valence-corrected chi connectivity index (χ2v) is 6.04. The van der Waals surface area contributed by atoms with Crippen LogP contribution in [-0.2, 0) is 6.54 Å². The van der Waals surface area contributed by atoms with E-state index in [1.165, 1.54) is 0 Å². The molecule has 0 aliphatic rings. The molecule has 122 valence electrons. The van der Waals surface area contributed by atoms with E-state index in [4.69, 9.17) is 28.3 Å². The fraction of sp³-hybridized carbons (Fsp3) is 0.118. The van der Waals surface area contributed by atoms with Gasteiger partial charge in [0.1, 0.15) is 0 Å². The van der Waals surface area contributed by atoms with Crippen LogP contribution >= 0.6 is 23.8 Å². The summed E-state index contributed by atoms with van der Waals surface area (Å²) in [5, 5.41) is 11.2. The standard InChI is InChI=1S/C17H15ClN4OS/c1-11-3-2-4-12(9-11)16-21-15(23-22-16)10-19-17(24)20-14-7-5-13(18)6-8-14/h2-9H,10H2,1H3,(H2,19,20,24). The first-order valence-electron chi connectivity index (χ1n) is 7.30. The maximum absolute atomic E-state index is 5.85. The average molecular weight is 359 g/mol. The molecule has 3 rings (SSSR count). The molecule has 0 saturated heterocycles. The number of aromatic nitrogens is 2. The molecule has 0 amide bonds. The highest BCUT2D eigenvalue weighted by Crippen LogP contribution is 2.17. The molecular formula is C17H15ClN4OS. The number of nitrogens with one attached hydrogen (secondary N) is 2. The van der Waals surface area contributed by atoms with Gasteiger partial charge in [0.05, 0.1) is 6.54 Å². The van der Waals surface area contributed by atoms with Gasteiger partial charge in [-0.25, -0.2) is 0 Å². The Balaban J connectivity index is 1.57. The van der Waals surface area contributed by atoms with E-state index in [0.717, 1.165) is 16.8 Å². The van der Waals surface area contributed by atoms with E-state index in [1.807, 2.05) is 43.3 Å². The second kappa shape index (κ2) is 7.42. The van der Waals surface area contributed by atoms with Gasteiger partial charge in [0.15, 0.2) is 5.11 Å². The third kappa shape index (κ3) is 4.31. The Morgan fingerprint density at radius 2 is 2.00 bits per heavy atom. The lowest BCUT2D eigenvalue weighted by molar-refractivity contribution is 0.376. The number of anilines is 1. The summed E-state index contributed by atoms with van der Waals surface area (Å²) in [6, 6.07) is 15.2. The predicted molar refractivity (Wildman–Crippen MR) is 99.0 cm³/mol. The van der Waals surface area contributed by atoms with Crippen LogP contribution in [0.15, 0.2) is 53.1 Å². The molecule has 1 aromatic heterocycles. The van der Waals surface area contributed by atoms with Crippen LogP contribution in [0.1, 0.15) is 11.5 Å². The maximum Gasteiger partial charge on any atom is 0.246 e. The van der Waals surface area contributed by atoms with Crippen molar-refractivity contribution in [1.82, 2.24) is 15.5 Å². The first kappa shape index (κ1) is 16.4. The van der Waals surface area contributed by atoms with E-state index in [9.17, 15) is 0 Å². The van der Waals surface area contributed by atoms with Gasteiger partial charge in [0.2, 0.25) is 11.7 Å². The first-order chi connectivity index (χ1) is 11.6. The highest BCUT2D eigenvalue weighted by Gasteiger charge is 2.09. The summed E-state index contributed by atoms with van der Waals surface area (Å²) in [6.45, 7) is 2.37. The average Bonchev–Trinajstić information content (AvgIpc) is 3.04. The van der Waals surface area contributed by atoms with E-state index >= 15 is 0 Å². The number of hydrogen-bond acceptors (Lipinski definition) is 4. The Hall–Kier alpha value is -2.44. The molecule has 3 aromatic rings. The smallest absolute Gasteiger partial charge is 0.246 e. The molecule has 1 heterocycles. The number of aryl methyl sites for hydroxylation is 1. The quantitative estimate of drug-likeness (QED) is 0.682. The van der Waals surface area contributed by atoms with Crippen LogP contribution in [-0.4, -0.2) is 15.3 Å². The molecule has 0 fully saturated rings. The van der Waals surface area contributed by atoms with Crippen molar-refractivity contribution in [2.45, 2.75) is 13.5 Å². The molecule has 0 atom stereocenters. The van der Waals surface area contributed by atoms with Crippen molar-refractivity contribution in [3.05, 3.63) is 65.0 Å². The van der Waals surface area contributed by atoms with Gasteiger partial charge >= 0.3 is 0 Å². The van der Waals surface area contributed by atoms with Crippen LogP contribution in [0.4, 0.5) is 5.69 Å². The largest absolute Gasteiger partial charge is 0.353 e. The Morgan fingerprint density at radius 1 is 1.21 bits per heavy atom. The summed E-state index contributed by atoms with van der Waals surface area (Å²) < 4.78 is 5.25. The van der Waals surface area contributed by atoms with Crippen LogP contribution in [0, 0.1) is 6.92 Å². The van der Waals surface area contributed by atoms with Crippen molar-refractivity contribution in [3.8, 4) is 11.4 Å². The third-order valence-corrected chi connectivity index (χ3v) is 3.74. The second-order valence-electron chi connectivity index (χ2n) is 5.20. The van der Waals surface area contributed by atoms with Crippen LogP contribution in [0.25, 0.3) is 11.4 Å². The topological polar surface area (TPSA) is 63.0 Å². The highest BCUT2D eigenvalue weighted by molar-refractivity contribution is 7.80. The van der Waals surface area contributed by atoms with Crippen LogP contribution in [0.5, 0.6) is 0 Å². The summed E-state index contributed by atoms with van der Waals surface area (Å²) in [5.41, 5.74) is 2.92. The van der Waals surface area contributed by atoms with Crippen molar-refractivity contribution in [3.63, 3.8) is 0 Å². The maximum atomic E-state index is 5.85. The van der Waals surface area contributed by atoms with E-state index in [0.29, 0.717) is 28.4 Å². The Labute approximate surface area is 150 Å². The Kier molecular flexibility index (Phi) is 5.08. The zero-order valence-corrected chi connectivity index (χ0v) is 14.5. The van der Waals surface area contributed by atoms with Crippen molar-refractivity contribution in [2.75, 3.05) is 5.32 Å². The predicted octanol–water partition coefficient (Wildman–Crippen LogP) is 4.19. The lowest BCUT2D eigenvalue weighted by atomic mass is 10.1. The molecule has 7 heteroatoms. The monoisotopic (exact) mass is 358 g/mol. The number of rotatable bonds is 4. The van der Waals surface area contributed by atoms with Crippen LogP contribution in [0.3, 0.4) is 0 Å². The summed E-state index contributed by atoms with van der Waals surface area (Å²) >= 11 is 11.1. The zero-order chi connectivity index (χ0) is 16.9. The molecule has 0 saturated carbocycles. The van der Waals surface area contributed by atoms with Crippen molar-refractivity contribution >= 4 is 34.6 Å². The minimum absolute atomic E-state index is 0.345. The molecule has 5 nitrogen and oxygen atoms in total. The van der Waals surface area contributed by atoms with Gasteiger partial charge in [-0.05, 0) is 49.5 Å². The van der Waals surface area contributed by atoms with Gasteiger partial charge in [0, 0.05) is 16.3 Å². The molecule has 2 aromatic carbocycles. The lowest BCUT2D eigenvalue weighted by Crippen LogP contribution is -2.27. The molecule has 24 heavy (non-hydrogen) atoms. The molecule has 0 bridgehead atoms. The molecular weight excluding hydrogens is 344 g/mol. The van der Waals surface area contributed by atoms with E-state index in [1.54, 1.807) is 12.1 Å². The van der Waals surface area contributed by atoms with Gasteiger partial charge < -0.3 is 15.2 Å². The summed E-state index contributed by atoms with van der Waals surface area (Å²) in [5.74, 6) is 1.03. The van der Waals surface area contributed by atoms with Crippen LogP contribution < -0.4 is 10.6 Å².